The van der Waals surface area contributed by atoms with Crippen molar-refractivity contribution in [1.29, 1.82) is 0 Å². The Kier molecular flexibility index (Phi) is 7.37. The lowest BCUT2D eigenvalue weighted by molar-refractivity contribution is -0.168. The first kappa shape index (κ1) is 16.7. The Morgan fingerprint density at radius 2 is 1.83 bits per heavy atom. The standard InChI is InChI=1S/C13H17BrO4/c1-5-7-13(11(15)17-3,12(16)18-4)8-6-10(2)9-14/h1,6H,7-9H2,2-4H3/b10-6+. The molecule has 0 spiro atoms. The van der Waals surface area contributed by atoms with Gasteiger partial charge in [-0.3, -0.25) is 9.59 Å². The van der Waals surface area contributed by atoms with E-state index in [9.17, 15) is 9.59 Å². The number of methoxy groups -OCH3 is 2. The van der Waals surface area contributed by atoms with Crippen molar-refractivity contribution in [2.24, 2.45) is 5.41 Å². The molecule has 18 heavy (non-hydrogen) atoms. The molecule has 0 aromatic carbocycles. The van der Waals surface area contributed by atoms with Crippen molar-refractivity contribution in [3.63, 3.8) is 0 Å². The summed E-state index contributed by atoms with van der Waals surface area (Å²) in [5.74, 6) is 0.988. The Bertz CT molecular complexity index is 363. The number of terminal acetylenes is 1. The molecule has 0 radical (unpaired) electrons. The van der Waals surface area contributed by atoms with Crippen molar-refractivity contribution in [2.75, 3.05) is 19.5 Å². The summed E-state index contributed by atoms with van der Waals surface area (Å²) in [6.45, 7) is 1.88. The minimum Gasteiger partial charge on any atom is -0.468 e. The van der Waals surface area contributed by atoms with Crippen molar-refractivity contribution < 1.29 is 19.1 Å². The third kappa shape index (κ3) is 3.88. The first-order valence-corrected chi connectivity index (χ1v) is 6.42. The second-order valence-electron chi connectivity index (χ2n) is 3.83. The fourth-order valence-electron chi connectivity index (χ4n) is 1.43. The molecule has 0 saturated heterocycles. The second kappa shape index (κ2) is 7.93. The Morgan fingerprint density at radius 1 is 1.33 bits per heavy atom. The van der Waals surface area contributed by atoms with Gasteiger partial charge in [0.25, 0.3) is 0 Å². The predicted octanol–water partition coefficient (Wildman–Crippen LogP) is 2.07. The molecule has 0 aliphatic rings. The summed E-state index contributed by atoms with van der Waals surface area (Å²) in [5, 5.41) is 0.654. The van der Waals surface area contributed by atoms with Gasteiger partial charge < -0.3 is 9.47 Å². The van der Waals surface area contributed by atoms with Gasteiger partial charge >= 0.3 is 11.9 Å². The first-order chi connectivity index (χ1) is 8.48. The van der Waals surface area contributed by atoms with Gasteiger partial charge in [0.15, 0.2) is 5.41 Å². The van der Waals surface area contributed by atoms with Crippen LogP contribution in [0.15, 0.2) is 11.6 Å². The molecule has 4 nitrogen and oxygen atoms in total. The molecular formula is C13H17BrO4. The number of rotatable bonds is 6. The van der Waals surface area contributed by atoms with E-state index >= 15 is 0 Å². The second-order valence-corrected chi connectivity index (χ2v) is 4.40. The Balaban J connectivity index is 5.41. The van der Waals surface area contributed by atoms with Crippen molar-refractivity contribution in [1.82, 2.24) is 0 Å². The van der Waals surface area contributed by atoms with Crippen LogP contribution in [-0.2, 0) is 19.1 Å². The summed E-state index contributed by atoms with van der Waals surface area (Å²) in [5.41, 5.74) is -0.467. The molecule has 0 aliphatic carbocycles. The maximum atomic E-state index is 11.9. The topological polar surface area (TPSA) is 52.6 Å². The van der Waals surface area contributed by atoms with Gasteiger partial charge in [0, 0.05) is 11.8 Å². The van der Waals surface area contributed by atoms with E-state index in [0.717, 1.165) is 5.57 Å². The van der Waals surface area contributed by atoms with Crippen LogP contribution in [0.1, 0.15) is 19.8 Å². The van der Waals surface area contributed by atoms with Gasteiger partial charge in [-0.15, -0.1) is 12.3 Å². The SMILES string of the molecule is C#CCC(C/C=C(\C)CBr)(C(=O)OC)C(=O)OC. The number of carbonyl (C=O) groups is 2. The number of hydrogen-bond acceptors (Lipinski definition) is 4. The average molecular weight is 317 g/mol. The molecule has 0 heterocycles. The van der Waals surface area contributed by atoms with Gasteiger partial charge in [0.2, 0.25) is 0 Å². The molecule has 0 aromatic rings. The molecule has 0 unspecified atom stereocenters. The zero-order valence-electron chi connectivity index (χ0n) is 10.8. The monoisotopic (exact) mass is 316 g/mol. The average Bonchev–Trinajstić information content (AvgIpc) is 2.41. The molecule has 0 N–H and O–H groups in total. The molecule has 0 saturated carbocycles. The van der Waals surface area contributed by atoms with Crippen LogP contribution in [0.2, 0.25) is 0 Å². The molecule has 0 fully saturated rings. The summed E-state index contributed by atoms with van der Waals surface area (Å²) in [6, 6.07) is 0. The van der Waals surface area contributed by atoms with E-state index < -0.39 is 17.4 Å². The highest BCUT2D eigenvalue weighted by Gasteiger charge is 2.47. The fraction of sp³-hybridized carbons (Fsp3) is 0.538. The van der Waals surface area contributed by atoms with E-state index in [0.29, 0.717) is 5.33 Å². The molecule has 5 heteroatoms. The minimum atomic E-state index is -1.46. The molecule has 0 atom stereocenters. The molecule has 100 valence electrons. The summed E-state index contributed by atoms with van der Waals surface area (Å²) < 4.78 is 9.36. The van der Waals surface area contributed by atoms with Gasteiger partial charge in [0.1, 0.15) is 0 Å². The van der Waals surface area contributed by atoms with E-state index in [1.165, 1.54) is 14.2 Å². The van der Waals surface area contributed by atoms with Crippen LogP contribution in [0, 0.1) is 17.8 Å². The van der Waals surface area contributed by atoms with Gasteiger partial charge in [-0.2, -0.15) is 0 Å². The lowest BCUT2D eigenvalue weighted by Gasteiger charge is -2.25. The van der Waals surface area contributed by atoms with Crippen LogP contribution in [-0.4, -0.2) is 31.5 Å². The maximum Gasteiger partial charge on any atom is 0.324 e. The number of hydrogen-bond donors (Lipinski definition) is 0. The lowest BCUT2D eigenvalue weighted by atomic mass is 9.80. The van der Waals surface area contributed by atoms with E-state index in [-0.39, 0.29) is 12.8 Å². The van der Waals surface area contributed by atoms with Crippen LogP contribution in [0.3, 0.4) is 0 Å². The number of carbonyl (C=O) groups excluding carboxylic acids is 2. The minimum absolute atomic E-state index is 0.0571. The van der Waals surface area contributed by atoms with Gasteiger partial charge in [-0.1, -0.05) is 27.6 Å². The summed E-state index contributed by atoms with van der Waals surface area (Å²) in [4.78, 5) is 23.7. The molecular weight excluding hydrogens is 300 g/mol. The van der Waals surface area contributed by atoms with Crippen molar-refractivity contribution in [3.05, 3.63) is 11.6 Å². The van der Waals surface area contributed by atoms with Crippen LogP contribution < -0.4 is 0 Å². The van der Waals surface area contributed by atoms with Crippen LogP contribution in [0.25, 0.3) is 0 Å². The fourth-order valence-corrected chi connectivity index (χ4v) is 1.66. The van der Waals surface area contributed by atoms with Gasteiger partial charge in [-0.25, -0.2) is 0 Å². The van der Waals surface area contributed by atoms with E-state index in [2.05, 4.69) is 31.3 Å². The van der Waals surface area contributed by atoms with Crippen molar-refractivity contribution >= 4 is 27.9 Å². The highest BCUT2D eigenvalue weighted by molar-refractivity contribution is 9.09. The maximum absolute atomic E-state index is 11.9. The molecule has 0 aliphatic heterocycles. The third-order valence-electron chi connectivity index (χ3n) is 2.57. The largest absolute Gasteiger partial charge is 0.468 e. The third-order valence-corrected chi connectivity index (χ3v) is 3.45. The quantitative estimate of drug-likeness (QED) is 0.247. The van der Waals surface area contributed by atoms with Crippen molar-refractivity contribution in [2.45, 2.75) is 19.8 Å². The normalized spacial score (nSPS) is 11.6. The van der Waals surface area contributed by atoms with Crippen LogP contribution in [0.4, 0.5) is 0 Å². The summed E-state index contributed by atoms with van der Waals surface area (Å²) >= 11 is 3.29. The Morgan fingerprint density at radius 3 is 2.17 bits per heavy atom. The lowest BCUT2D eigenvalue weighted by Crippen LogP contribution is -2.40. The zero-order chi connectivity index (χ0) is 14.2. The van der Waals surface area contributed by atoms with Crippen LogP contribution >= 0.6 is 15.9 Å². The number of halogens is 1. The summed E-state index contributed by atoms with van der Waals surface area (Å²) in [7, 11) is 2.44. The predicted molar refractivity (Wildman–Crippen MR) is 72.1 cm³/mol. The first-order valence-electron chi connectivity index (χ1n) is 5.30. The molecule has 0 amide bonds. The molecule has 0 bridgehead atoms. The highest BCUT2D eigenvalue weighted by Crippen LogP contribution is 2.31. The molecule has 0 aromatic heterocycles. The smallest absolute Gasteiger partial charge is 0.324 e. The van der Waals surface area contributed by atoms with Crippen LogP contribution in [0.5, 0.6) is 0 Å². The highest BCUT2D eigenvalue weighted by atomic mass is 79.9. The Hall–Kier alpha value is -1.28. The van der Waals surface area contributed by atoms with Gasteiger partial charge in [-0.05, 0) is 13.3 Å². The zero-order valence-corrected chi connectivity index (χ0v) is 12.4. The van der Waals surface area contributed by atoms with Gasteiger partial charge in [0.05, 0.1) is 14.2 Å². The Labute approximate surface area is 116 Å². The number of allylic oxidation sites excluding steroid dienone is 2. The number of esters is 2. The number of alkyl halides is 1. The molecule has 0 rings (SSSR count). The van der Waals surface area contributed by atoms with E-state index in [1.807, 2.05) is 6.92 Å². The van der Waals surface area contributed by atoms with E-state index in [1.54, 1.807) is 6.08 Å². The van der Waals surface area contributed by atoms with E-state index in [4.69, 9.17) is 6.42 Å². The number of ether oxygens (including phenoxy) is 2. The van der Waals surface area contributed by atoms with Crippen molar-refractivity contribution in [3.8, 4) is 12.3 Å². The summed E-state index contributed by atoms with van der Waals surface area (Å²) in [6.07, 6.45) is 7.12.